The minimum Gasteiger partial charge on any atom is -0.370 e. The van der Waals surface area contributed by atoms with Crippen LogP contribution in [0.5, 0.6) is 0 Å². The van der Waals surface area contributed by atoms with Crippen LogP contribution < -0.4 is 10.6 Å². The van der Waals surface area contributed by atoms with Gasteiger partial charge in [-0.1, -0.05) is 0 Å². The van der Waals surface area contributed by atoms with E-state index >= 15 is 0 Å². The number of rotatable bonds is 7. The maximum Gasteiger partial charge on any atom is 0.411 e. The summed E-state index contributed by atoms with van der Waals surface area (Å²) in [6.07, 6.45) is -4.41. The van der Waals surface area contributed by atoms with Crippen molar-refractivity contribution in [3.8, 4) is 0 Å². The third kappa shape index (κ3) is 5.38. The molecule has 0 atom stereocenters. The molecule has 0 aromatic carbocycles. The highest BCUT2D eigenvalue weighted by molar-refractivity contribution is 5.60. The molecule has 1 rings (SSSR count). The lowest BCUT2D eigenvalue weighted by Crippen LogP contribution is -2.20. The van der Waals surface area contributed by atoms with E-state index in [1.165, 1.54) is 14.0 Å². The van der Waals surface area contributed by atoms with Crippen LogP contribution in [0.3, 0.4) is 0 Å². The Morgan fingerprint density at radius 2 is 2.05 bits per heavy atom. The van der Waals surface area contributed by atoms with Gasteiger partial charge in [0, 0.05) is 13.6 Å². The second-order valence-corrected chi connectivity index (χ2v) is 3.93. The molecular formula is C10H14F3N5O3. The van der Waals surface area contributed by atoms with Gasteiger partial charge in [0.15, 0.2) is 0 Å². The quantitative estimate of drug-likeness (QED) is 0.449. The largest absolute Gasteiger partial charge is 0.411 e. The zero-order chi connectivity index (χ0) is 16.0. The summed E-state index contributed by atoms with van der Waals surface area (Å²) in [5.41, 5.74) is -0.192. The maximum atomic E-state index is 11.9. The molecule has 0 radical (unpaired) electrons. The predicted molar refractivity (Wildman–Crippen MR) is 68.3 cm³/mol. The third-order valence-corrected chi connectivity index (χ3v) is 2.27. The minimum atomic E-state index is -4.41. The molecule has 0 amide bonds. The van der Waals surface area contributed by atoms with Crippen molar-refractivity contribution in [2.75, 3.05) is 37.4 Å². The van der Waals surface area contributed by atoms with Crippen molar-refractivity contribution in [3.63, 3.8) is 0 Å². The molecule has 2 N–H and O–H groups in total. The number of ether oxygens (including phenoxy) is 1. The number of nitrogens with zero attached hydrogens (tertiary/aromatic N) is 3. The fourth-order valence-corrected chi connectivity index (χ4v) is 1.45. The van der Waals surface area contributed by atoms with Gasteiger partial charge in [0.25, 0.3) is 0 Å². The first-order valence-corrected chi connectivity index (χ1v) is 5.83. The maximum absolute atomic E-state index is 11.9. The first-order valence-electron chi connectivity index (χ1n) is 5.83. The number of aryl methyl sites for hydroxylation is 1. The topological polar surface area (TPSA) is 102 Å². The van der Waals surface area contributed by atoms with Crippen LogP contribution in [0.2, 0.25) is 0 Å². The van der Waals surface area contributed by atoms with Crippen molar-refractivity contribution in [1.82, 2.24) is 9.97 Å². The Morgan fingerprint density at radius 1 is 1.38 bits per heavy atom. The first kappa shape index (κ1) is 16.9. The van der Waals surface area contributed by atoms with Gasteiger partial charge in [-0.15, -0.1) is 0 Å². The van der Waals surface area contributed by atoms with E-state index in [1.807, 2.05) is 0 Å². The van der Waals surface area contributed by atoms with Gasteiger partial charge in [-0.05, 0) is 6.92 Å². The van der Waals surface area contributed by atoms with Crippen molar-refractivity contribution in [3.05, 3.63) is 15.8 Å². The van der Waals surface area contributed by atoms with Gasteiger partial charge in [-0.3, -0.25) is 10.1 Å². The van der Waals surface area contributed by atoms with Gasteiger partial charge < -0.3 is 15.4 Å². The normalized spacial score (nSPS) is 11.3. The fourth-order valence-electron chi connectivity index (χ4n) is 1.45. The number of hydrogen-bond donors (Lipinski definition) is 2. The average molecular weight is 309 g/mol. The molecule has 1 aromatic heterocycles. The predicted octanol–water partition coefficient (Wildman–Crippen LogP) is 1.73. The van der Waals surface area contributed by atoms with Crippen LogP contribution >= 0.6 is 0 Å². The van der Waals surface area contributed by atoms with Gasteiger partial charge in [0.2, 0.25) is 11.8 Å². The Labute approximate surface area is 117 Å². The van der Waals surface area contributed by atoms with Gasteiger partial charge in [0.05, 0.1) is 11.5 Å². The van der Waals surface area contributed by atoms with Gasteiger partial charge in [0.1, 0.15) is 12.3 Å². The number of alkyl halides is 3. The summed E-state index contributed by atoms with van der Waals surface area (Å²) in [6.45, 7) is -0.265. The molecule has 1 heterocycles. The zero-order valence-corrected chi connectivity index (χ0v) is 11.3. The van der Waals surface area contributed by atoms with Crippen molar-refractivity contribution >= 4 is 17.5 Å². The Kier molecular flexibility index (Phi) is 5.64. The average Bonchev–Trinajstić information content (AvgIpc) is 2.35. The number of nitrogens with one attached hydrogen (secondary N) is 2. The van der Waals surface area contributed by atoms with E-state index < -0.39 is 17.7 Å². The van der Waals surface area contributed by atoms with E-state index in [1.54, 1.807) is 0 Å². The molecule has 8 nitrogen and oxygen atoms in total. The molecule has 0 saturated heterocycles. The van der Waals surface area contributed by atoms with Crippen molar-refractivity contribution in [2.45, 2.75) is 13.1 Å². The van der Waals surface area contributed by atoms with E-state index in [0.29, 0.717) is 0 Å². The van der Waals surface area contributed by atoms with Crippen LogP contribution in [0.4, 0.5) is 30.6 Å². The lowest BCUT2D eigenvalue weighted by Gasteiger charge is -2.10. The van der Waals surface area contributed by atoms with Crippen LogP contribution in [-0.2, 0) is 4.74 Å². The fraction of sp³-hybridized carbons (Fsp3) is 0.600. The van der Waals surface area contributed by atoms with E-state index in [4.69, 9.17) is 0 Å². The number of aromatic nitrogens is 2. The Balaban J connectivity index is 2.69. The van der Waals surface area contributed by atoms with Crippen LogP contribution in [0, 0.1) is 17.0 Å². The van der Waals surface area contributed by atoms with E-state index in [9.17, 15) is 23.3 Å². The molecule has 0 unspecified atom stereocenters. The lowest BCUT2D eigenvalue weighted by molar-refractivity contribution is -0.385. The Bertz CT molecular complexity index is 509. The SMILES string of the molecule is CNc1nc(C)c([N+](=O)[O-])c(NCCOCC(F)(F)F)n1. The van der Waals surface area contributed by atoms with E-state index in [2.05, 4.69) is 25.3 Å². The molecule has 0 fully saturated rings. The summed E-state index contributed by atoms with van der Waals surface area (Å²) in [5.74, 6) is 0.0873. The number of hydrogen-bond acceptors (Lipinski definition) is 7. The van der Waals surface area contributed by atoms with Crippen LogP contribution in [-0.4, -0.2) is 47.9 Å². The second kappa shape index (κ2) is 7.02. The summed E-state index contributed by atoms with van der Waals surface area (Å²) >= 11 is 0. The van der Waals surface area contributed by atoms with E-state index in [0.717, 1.165) is 0 Å². The number of halogens is 3. The summed E-state index contributed by atoms with van der Waals surface area (Å²) in [6, 6.07) is 0. The molecule has 0 aliphatic rings. The number of nitro groups is 1. The smallest absolute Gasteiger partial charge is 0.370 e. The second-order valence-electron chi connectivity index (χ2n) is 3.93. The summed E-state index contributed by atoms with van der Waals surface area (Å²) in [4.78, 5) is 18.0. The monoisotopic (exact) mass is 309 g/mol. The highest BCUT2D eigenvalue weighted by atomic mass is 19.4. The minimum absolute atomic E-state index is 0.0590. The Hall–Kier alpha value is -2.17. The van der Waals surface area contributed by atoms with Gasteiger partial charge in [-0.2, -0.15) is 18.2 Å². The molecule has 11 heteroatoms. The highest BCUT2D eigenvalue weighted by Crippen LogP contribution is 2.26. The van der Waals surface area contributed by atoms with Crippen LogP contribution in [0.15, 0.2) is 0 Å². The molecule has 0 aliphatic heterocycles. The summed E-state index contributed by atoms with van der Waals surface area (Å²) in [7, 11) is 1.54. The molecular weight excluding hydrogens is 295 g/mol. The zero-order valence-electron chi connectivity index (χ0n) is 11.3. The lowest BCUT2D eigenvalue weighted by atomic mass is 10.3. The van der Waals surface area contributed by atoms with E-state index in [-0.39, 0.29) is 36.3 Å². The third-order valence-electron chi connectivity index (χ3n) is 2.27. The molecule has 0 spiro atoms. The van der Waals surface area contributed by atoms with Crippen molar-refractivity contribution in [1.29, 1.82) is 0 Å². The first-order chi connectivity index (χ1) is 9.74. The Morgan fingerprint density at radius 3 is 2.57 bits per heavy atom. The van der Waals surface area contributed by atoms with Crippen molar-refractivity contribution < 1.29 is 22.8 Å². The standard InChI is InChI=1S/C10H14F3N5O3/c1-6-7(18(19)20)8(17-9(14-2)16-6)15-3-4-21-5-10(11,12)13/h3-5H2,1-2H3,(H2,14,15,16,17). The van der Waals surface area contributed by atoms with Gasteiger partial charge in [-0.25, -0.2) is 4.98 Å². The molecule has 0 bridgehead atoms. The summed E-state index contributed by atoms with van der Waals surface area (Å²) in [5, 5.41) is 16.1. The van der Waals surface area contributed by atoms with Crippen LogP contribution in [0.1, 0.15) is 5.69 Å². The number of anilines is 2. The molecule has 1 aromatic rings. The molecule has 0 aliphatic carbocycles. The molecule has 0 saturated carbocycles. The highest BCUT2D eigenvalue weighted by Gasteiger charge is 2.27. The van der Waals surface area contributed by atoms with Crippen molar-refractivity contribution in [2.24, 2.45) is 0 Å². The van der Waals surface area contributed by atoms with Gasteiger partial charge >= 0.3 is 11.9 Å². The molecule has 21 heavy (non-hydrogen) atoms. The van der Waals surface area contributed by atoms with Crippen LogP contribution in [0.25, 0.3) is 0 Å². The summed E-state index contributed by atoms with van der Waals surface area (Å²) < 4.78 is 40.0. The molecule has 118 valence electrons.